The fraction of sp³-hybridized carbons (Fsp3) is 0.615. The standard InChI is InChI=1S/C13H21N3O3S/c1-8-11(13(20-4)16-9(2)15-8)12(18)14-6-5-10(17)7-19-3/h10,17H,5-7H2,1-4H3,(H,14,18). The Balaban J connectivity index is 2.68. The van der Waals surface area contributed by atoms with Crippen LogP contribution in [0.5, 0.6) is 0 Å². The van der Waals surface area contributed by atoms with Crippen LogP contribution < -0.4 is 5.32 Å². The van der Waals surface area contributed by atoms with Gasteiger partial charge in [0.1, 0.15) is 10.9 Å². The Morgan fingerprint density at radius 2 is 2.15 bits per heavy atom. The molecule has 2 N–H and O–H groups in total. The third kappa shape index (κ3) is 4.73. The van der Waals surface area contributed by atoms with Crippen molar-refractivity contribution >= 4 is 17.7 Å². The van der Waals surface area contributed by atoms with E-state index in [0.29, 0.717) is 35.1 Å². The van der Waals surface area contributed by atoms with E-state index in [9.17, 15) is 9.90 Å². The molecule has 0 aromatic carbocycles. The van der Waals surface area contributed by atoms with Crippen molar-refractivity contribution < 1.29 is 14.6 Å². The monoisotopic (exact) mass is 299 g/mol. The van der Waals surface area contributed by atoms with Crippen molar-refractivity contribution in [3.8, 4) is 0 Å². The van der Waals surface area contributed by atoms with Crippen molar-refractivity contribution in [2.24, 2.45) is 0 Å². The van der Waals surface area contributed by atoms with Crippen molar-refractivity contribution in [3.05, 3.63) is 17.1 Å². The summed E-state index contributed by atoms with van der Waals surface area (Å²) in [5, 5.41) is 13.0. The lowest BCUT2D eigenvalue weighted by Gasteiger charge is -2.12. The van der Waals surface area contributed by atoms with E-state index in [1.54, 1.807) is 13.8 Å². The largest absolute Gasteiger partial charge is 0.391 e. The van der Waals surface area contributed by atoms with Crippen LogP contribution in [0.3, 0.4) is 0 Å². The summed E-state index contributed by atoms with van der Waals surface area (Å²) in [6.45, 7) is 4.24. The van der Waals surface area contributed by atoms with Gasteiger partial charge in [-0.1, -0.05) is 0 Å². The first-order valence-electron chi connectivity index (χ1n) is 6.34. The van der Waals surface area contributed by atoms with Crippen molar-refractivity contribution in [2.75, 3.05) is 26.5 Å². The summed E-state index contributed by atoms with van der Waals surface area (Å²) in [4.78, 5) is 20.7. The van der Waals surface area contributed by atoms with Crippen LogP contribution >= 0.6 is 11.8 Å². The van der Waals surface area contributed by atoms with Gasteiger partial charge in [0, 0.05) is 13.7 Å². The van der Waals surface area contributed by atoms with Crippen LogP contribution in [-0.4, -0.2) is 53.6 Å². The first-order chi connectivity index (χ1) is 9.49. The highest BCUT2D eigenvalue weighted by Crippen LogP contribution is 2.20. The average molecular weight is 299 g/mol. The van der Waals surface area contributed by atoms with E-state index < -0.39 is 6.10 Å². The number of nitrogens with zero attached hydrogens (tertiary/aromatic N) is 2. The minimum Gasteiger partial charge on any atom is -0.391 e. The Morgan fingerprint density at radius 3 is 2.75 bits per heavy atom. The molecule has 1 aromatic rings. The zero-order chi connectivity index (χ0) is 15.1. The quantitative estimate of drug-likeness (QED) is 0.576. The lowest BCUT2D eigenvalue weighted by molar-refractivity contribution is 0.0587. The summed E-state index contributed by atoms with van der Waals surface area (Å²) < 4.78 is 4.83. The summed E-state index contributed by atoms with van der Waals surface area (Å²) in [6.07, 6.45) is 1.75. The molecular weight excluding hydrogens is 278 g/mol. The minimum absolute atomic E-state index is 0.212. The van der Waals surface area contributed by atoms with E-state index in [1.807, 2.05) is 6.26 Å². The predicted molar refractivity (Wildman–Crippen MR) is 78.1 cm³/mol. The van der Waals surface area contributed by atoms with Gasteiger partial charge in [-0.05, 0) is 26.5 Å². The van der Waals surface area contributed by atoms with E-state index in [-0.39, 0.29) is 12.5 Å². The molecule has 1 amide bonds. The zero-order valence-electron chi connectivity index (χ0n) is 12.3. The van der Waals surface area contributed by atoms with Crippen molar-refractivity contribution in [2.45, 2.75) is 31.4 Å². The van der Waals surface area contributed by atoms with Crippen molar-refractivity contribution in [1.29, 1.82) is 0 Å². The molecule has 0 aliphatic heterocycles. The molecule has 6 nitrogen and oxygen atoms in total. The molecule has 0 bridgehead atoms. The number of aromatic nitrogens is 2. The average Bonchev–Trinajstić information content (AvgIpc) is 2.37. The molecule has 1 aromatic heterocycles. The van der Waals surface area contributed by atoms with Gasteiger partial charge in [-0.15, -0.1) is 11.8 Å². The Bertz CT molecular complexity index is 468. The molecule has 0 saturated heterocycles. The van der Waals surface area contributed by atoms with Gasteiger partial charge in [-0.3, -0.25) is 4.79 Å². The molecule has 0 aliphatic carbocycles. The highest BCUT2D eigenvalue weighted by Gasteiger charge is 2.17. The highest BCUT2D eigenvalue weighted by molar-refractivity contribution is 7.98. The lowest BCUT2D eigenvalue weighted by Crippen LogP contribution is -2.30. The second kappa shape index (κ2) is 8.18. The topological polar surface area (TPSA) is 84.3 Å². The Morgan fingerprint density at radius 1 is 1.45 bits per heavy atom. The van der Waals surface area contributed by atoms with E-state index in [2.05, 4.69) is 15.3 Å². The fourth-order valence-electron chi connectivity index (χ4n) is 1.81. The van der Waals surface area contributed by atoms with Gasteiger partial charge >= 0.3 is 0 Å². The molecule has 1 unspecified atom stereocenters. The number of aryl methyl sites for hydroxylation is 2. The van der Waals surface area contributed by atoms with Crippen molar-refractivity contribution in [1.82, 2.24) is 15.3 Å². The maximum atomic E-state index is 12.2. The number of hydrogen-bond acceptors (Lipinski definition) is 6. The van der Waals surface area contributed by atoms with E-state index in [1.165, 1.54) is 18.9 Å². The maximum Gasteiger partial charge on any atom is 0.255 e. The van der Waals surface area contributed by atoms with Crippen LogP contribution in [0, 0.1) is 13.8 Å². The molecular formula is C13H21N3O3S. The number of nitrogens with one attached hydrogen (secondary N) is 1. The zero-order valence-corrected chi connectivity index (χ0v) is 13.1. The Labute approximate surface area is 123 Å². The number of carbonyl (C=O) groups excluding carboxylic acids is 1. The van der Waals surface area contributed by atoms with Gasteiger partial charge in [0.05, 0.1) is 24.0 Å². The van der Waals surface area contributed by atoms with Gasteiger partial charge in [-0.2, -0.15) is 0 Å². The third-order valence-corrected chi connectivity index (χ3v) is 3.39. The van der Waals surface area contributed by atoms with Gasteiger partial charge in [0.25, 0.3) is 5.91 Å². The number of aliphatic hydroxyl groups excluding tert-OH is 1. The second-order valence-corrected chi connectivity index (χ2v) is 5.19. The smallest absolute Gasteiger partial charge is 0.255 e. The molecule has 0 aliphatic rings. The molecule has 1 atom stereocenters. The molecule has 0 fully saturated rings. The van der Waals surface area contributed by atoms with Crippen LogP contribution in [-0.2, 0) is 4.74 Å². The molecule has 1 rings (SSSR count). The molecule has 0 radical (unpaired) electrons. The summed E-state index contributed by atoms with van der Waals surface area (Å²) in [6, 6.07) is 0. The molecule has 0 spiro atoms. The SMILES string of the molecule is COCC(O)CCNC(=O)c1c(C)nc(C)nc1SC. The van der Waals surface area contributed by atoms with E-state index >= 15 is 0 Å². The van der Waals surface area contributed by atoms with Gasteiger partial charge in [0.2, 0.25) is 0 Å². The molecule has 112 valence electrons. The number of rotatable bonds is 7. The van der Waals surface area contributed by atoms with Crippen LogP contribution in [0.1, 0.15) is 28.3 Å². The second-order valence-electron chi connectivity index (χ2n) is 4.39. The lowest BCUT2D eigenvalue weighted by atomic mass is 10.2. The fourth-order valence-corrected chi connectivity index (χ4v) is 2.47. The van der Waals surface area contributed by atoms with Gasteiger partial charge in [-0.25, -0.2) is 9.97 Å². The number of methoxy groups -OCH3 is 1. The highest BCUT2D eigenvalue weighted by atomic mass is 32.2. The van der Waals surface area contributed by atoms with E-state index in [4.69, 9.17) is 4.74 Å². The Hall–Kier alpha value is -1.18. The number of carbonyl (C=O) groups is 1. The number of amides is 1. The van der Waals surface area contributed by atoms with E-state index in [0.717, 1.165) is 0 Å². The van der Waals surface area contributed by atoms with Crippen molar-refractivity contribution in [3.63, 3.8) is 0 Å². The van der Waals surface area contributed by atoms with Crippen LogP contribution in [0.2, 0.25) is 0 Å². The van der Waals surface area contributed by atoms with Gasteiger partial charge in [0.15, 0.2) is 0 Å². The molecule has 1 heterocycles. The molecule has 7 heteroatoms. The molecule has 20 heavy (non-hydrogen) atoms. The summed E-state index contributed by atoms with van der Waals surface area (Å²) in [7, 11) is 1.53. The minimum atomic E-state index is -0.573. The third-order valence-electron chi connectivity index (χ3n) is 2.71. The summed E-state index contributed by atoms with van der Waals surface area (Å²) >= 11 is 1.42. The normalized spacial score (nSPS) is 12.2. The number of ether oxygens (including phenoxy) is 1. The number of aliphatic hydroxyl groups is 1. The first-order valence-corrected chi connectivity index (χ1v) is 7.56. The molecule has 0 saturated carbocycles. The van der Waals surface area contributed by atoms with Crippen LogP contribution in [0.15, 0.2) is 5.03 Å². The van der Waals surface area contributed by atoms with Gasteiger partial charge < -0.3 is 15.2 Å². The Kier molecular flexibility index (Phi) is 6.90. The first kappa shape index (κ1) is 16.9. The van der Waals surface area contributed by atoms with Crippen LogP contribution in [0.4, 0.5) is 0 Å². The predicted octanol–water partition coefficient (Wildman–Crippen LogP) is 0.943. The maximum absolute atomic E-state index is 12.2. The summed E-state index contributed by atoms with van der Waals surface area (Å²) in [5.41, 5.74) is 1.17. The summed E-state index contributed by atoms with van der Waals surface area (Å²) in [5.74, 6) is 0.440. The number of hydrogen-bond donors (Lipinski definition) is 2. The van der Waals surface area contributed by atoms with Crippen LogP contribution in [0.25, 0.3) is 0 Å². The number of thioether (sulfide) groups is 1.